The zero-order valence-electron chi connectivity index (χ0n) is 28.0. The lowest BCUT2D eigenvalue weighted by atomic mass is 10.00. The lowest BCUT2D eigenvalue weighted by molar-refractivity contribution is 0.670. The van der Waals surface area contributed by atoms with Gasteiger partial charge in [-0.3, -0.25) is 0 Å². The van der Waals surface area contributed by atoms with Crippen LogP contribution in [-0.2, 0) is 0 Å². The number of hydrogen-bond acceptors (Lipinski definition) is 3. The van der Waals surface area contributed by atoms with Gasteiger partial charge in [0.25, 0.3) is 0 Å². The fourth-order valence-corrected chi connectivity index (χ4v) is 9.23. The Morgan fingerprint density at radius 2 is 1.12 bits per heavy atom. The molecule has 244 valence electrons. The first-order valence-corrected chi connectivity index (χ1v) is 18.4. The van der Waals surface area contributed by atoms with E-state index < -0.39 is 0 Å². The van der Waals surface area contributed by atoms with E-state index >= 15 is 0 Å². The van der Waals surface area contributed by atoms with E-state index in [9.17, 15) is 0 Å². The summed E-state index contributed by atoms with van der Waals surface area (Å²) < 4.78 is 11.7. The fourth-order valence-electron chi connectivity index (χ4n) is 8.09. The smallest absolute Gasteiger partial charge is 0.145 e. The molecule has 3 nitrogen and oxygen atoms in total. The Labute approximate surface area is 303 Å². The fraction of sp³-hybridized carbons (Fsp3) is 0. The SMILES string of the molecule is c1ccc(-c2ccc(N(c3cccc(-n4c5ccccc5c5ccccc54)c3)c3ccc4c(c3)sc3ccccc34)c3c2oc2ccccc23)cc1. The molecule has 0 aliphatic rings. The molecule has 0 bridgehead atoms. The van der Waals surface area contributed by atoms with E-state index in [-0.39, 0.29) is 0 Å². The highest BCUT2D eigenvalue weighted by Crippen LogP contribution is 2.48. The Morgan fingerprint density at radius 3 is 1.92 bits per heavy atom. The first kappa shape index (κ1) is 29.1. The van der Waals surface area contributed by atoms with Crippen LogP contribution in [-0.4, -0.2) is 4.57 Å². The summed E-state index contributed by atoms with van der Waals surface area (Å²) in [6.45, 7) is 0. The molecule has 11 aromatic rings. The van der Waals surface area contributed by atoms with Crippen molar-refractivity contribution in [1.29, 1.82) is 0 Å². The third kappa shape index (κ3) is 4.38. The molecule has 4 heteroatoms. The lowest BCUT2D eigenvalue weighted by Crippen LogP contribution is -2.11. The maximum absolute atomic E-state index is 6.76. The number of benzene rings is 8. The number of anilines is 3. The first-order valence-electron chi connectivity index (χ1n) is 17.6. The average Bonchev–Trinajstić information content (AvgIpc) is 3.88. The molecule has 0 saturated carbocycles. The van der Waals surface area contributed by atoms with E-state index in [1.54, 1.807) is 0 Å². The van der Waals surface area contributed by atoms with Crippen molar-refractivity contribution in [3.8, 4) is 16.8 Å². The van der Waals surface area contributed by atoms with Gasteiger partial charge >= 0.3 is 0 Å². The van der Waals surface area contributed by atoms with Crippen LogP contribution >= 0.6 is 11.3 Å². The molecule has 52 heavy (non-hydrogen) atoms. The molecule has 0 atom stereocenters. The molecule has 0 unspecified atom stereocenters. The normalized spacial score (nSPS) is 11.8. The molecule has 0 aliphatic heterocycles. The molecule has 0 amide bonds. The van der Waals surface area contributed by atoms with Crippen LogP contribution in [0.1, 0.15) is 0 Å². The summed E-state index contributed by atoms with van der Waals surface area (Å²) >= 11 is 1.85. The number of hydrogen-bond donors (Lipinski definition) is 0. The van der Waals surface area contributed by atoms with Crippen molar-refractivity contribution < 1.29 is 4.42 Å². The van der Waals surface area contributed by atoms with Crippen LogP contribution in [0.3, 0.4) is 0 Å². The van der Waals surface area contributed by atoms with Crippen molar-refractivity contribution in [1.82, 2.24) is 4.57 Å². The second-order valence-electron chi connectivity index (χ2n) is 13.3. The first-order chi connectivity index (χ1) is 25.8. The lowest BCUT2D eigenvalue weighted by Gasteiger charge is -2.27. The predicted molar refractivity (Wildman–Crippen MR) is 221 cm³/mol. The minimum Gasteiger partial charge on any atom is -0.455 e. The van der Waals surface area contributed by atoms with Crippen LogP contribution in [0.4, 0.5) is 17.1 Å². The van der Waals surface area contributed by atoms with Gasteiger partial charge < -0.3 is 13.9 Å². The van der Waals surface area contributed by atoms with Crippen molar-refractivity contribution >= 4 is 92.3 Å². The van der Waals surface area contributed by atoms with Gasteiger partial charge in [0.15, 0.2) is 0 Å². The Bertz CT molecular complexity index is 3100. The van der Waals surface area contributed by atoms with Gasteiger partial charge in [-0.05, 0) is 72.3 Å². The van der Waals surface area contributed by atoms with E-state index in [1.165, 1.54) is 42.0 Å². The molecule has 11 rings (SSSR count). The van der Waals surface area contributed by atoms with Crippen molar-refractivity contribution in [2.24, 2.45) is 0 Å². The molecule has 0 N–H and O–H groups in total. The van der Waals surface area contributed by atoms with Crippen molar-refractivity contribution in [2.45, 2.75) is 0 Å². The number of fused-ring (bicyclic) bond motifs is 9. The monoisotopic (exact) mass is 682 g/mol. The summed E-state index contributed by atoms with van der Waals surface area (Å²) in [7, 11) is 0. The maximum atomic E-state index is 6.76. The zero-order valence-corrected chi connectivity index (χ0v) is 28.8. The summed E-state index contributed by atoms with van der Waals surface area (Å²) in [5.74, 6) is 0. The van der Waals surface area contributed by atoms with E-state index in [1.807, 2.05) is 11.3 Å². The van der Waals surface area contributed by atoms with Crippen LogP contribution in [0.5, 0.6) is 0 Å². The molecule has 0 saturated heterocycles. The van der Waals surface area contributed by atoms with Crippen LogP contribution in [0, 0.1) is 0 Å². The quantitative estimate of drug-likeness (QED) is 0.180. The Morgan fingerprint density at radius 1 is 0.462 bits per heavy atom. The van der Waals surface area contributed by atoms with Crippen LogP contribution < -0.4 is 4.90 Å². The average molecular weight is 683 g/mol. The Kier molecular flexibility index (Phi) is 6.42. The molecule has 3 aromatic heterocycles. The van der Waals surface area contributed by atoms with Gasteiger partial charge in [-0.15, -0.1) is 11.3 Å². The van der Waals surface area contributed by atoms with E-state index in [2.05, 4.69) is 191 Å². The van der Waals surface area contributed by atoms with Gasteiger partial charge in [0.2, 0.25) is 0 Å². The van der Waals surface area contributed by atoms with Gasteiger partial charge in [0, 0.05) is 59.0 Å². The zero-order chi connectivity index (χ0) is 34.2. The third-order valence-electron chi connectivity index (χ3n) is 10.4. The van der Waals surface area contributed by atoms with Crippen LogP contribution in [0.2, 0.25) is 0 Å². The minimum atomic E-state index is 0.876. The highest BCUT2D eigenvalue weighted by atomic mass is 32.1. The van der Waals surface area contributed by atoms with Crippen LogP contribution in [0.25, 0.3) is 80.7 Å². The van der Waals surface area contributed by atoms with Gasteiger partial charge in [-0.1, -0.05) is 115 Å². The minimum absolute atomic E-state index is 0.876. The van der Waals surface area contributed by atoms with Crippen molar-refractivity contribution in [3.63, 3.8) is 0 Å². The number of para-hydroxylation sites is 3. The van der Waals surface area contributed by atoms with Gasteiger partial charge in [0.05, 0.1) is 22.1 Å². The second-order valence-corrected chi connectivity index (χ2v) is 14.4. The molecular formula is C48H30N2OS. The number of aromatic nitrogens is 1. The maximum Gasteiger partial charge on any atom is 0.145 e. The molecular weight excluding hydrogens is 653 g/mol. The number of thiophene rings is 1. The molecule has 0 spiro atoms. The predicted octanol–water partition coefficient (Wildman–Crippen LogP) is 14.2. The Hall–Kier alpha value is -6.62. The summed E-state index contributed by atoms with van der Waals surface area (Å²) in [4.78, 5) is 2.42. The van der Waals surface area contributed by atoms with Gasteiger partial charge in [0.1, 0.15) is 11.2 Å². The summed E-state index contributed by atoms with van der Waals surface area (Å²) in [6, 6.07) is 65.4. The molecule has 3 heterocycles. The third-order valence-corrected chi connectivity index (χ3v) is 11.5. The van der Waals surface area contributed by atoms with Gasteiger partial charge in [-0.2, -0.15) is 0 Å². The second kappa shape index (κ2) is 11.5. The summed E-state index contributed by atoms with van der Waals surface area (Å²) in [6.07, 6.45) is 0. The van der Waals surface area contributed by atoms with Crippen LogP contribution in [0.15, 0.2) is 186 Å². The number of rotatable bonds is 5. The summed E-state index contributed by atoms with van der Waals surface area (Å²) in [5.41, 5.74) is 10.7. The topological polar surface area (TPSA) is 21.3 Å². The Balaban J connectivity index is 1.21. The van der Waals surface area contributed by atoms with E-state index in [4.69, 9.17) is 4.42 Å². The molecule has 8 aromatic carbocycles. The standard InChI is InChI=1S/C48H30N2OS/c1-2-13-31(14-3-1)35-27-28-43(47-40-20-6-10-23-44(40)51-48(35)47)49(34-25-26-39-38-19-7-11-24-45(38)52-46(39)30-34)32-15-12-16-33(29-32)50-41-21-8-4-17-36(41)37-18-5-9-22-42(37)50/h1-30H. The van der Waals surface area contributed by atoms with Crippen molar-refractivity contribution in [3.05, 3.63) is 182 Å². The van der Waals surface area contributed by atoms with Crippen molar-refractivity contribution in [2.75, 3.05) is 4.90 Å². The largest absolute Gasteiger partial charge is 0.455 e. The highest BCUT2D eigenvalue weighted by molar-refractivity contribution is 7.25. The molecule has 0 radical (unpaired) electrons. The highest BCUT2D eigenvalue weighted by Gasteiger charge is 2.23. The molecule has 0 fully saturated rings. The van der Waals surface area contributed by atoms with E-state index in [0.29, 0.717) is 0 Å². The van der Waals surface area contributed by atoms with Gasteiger partial charge in [-0.25, -0.2) is 0 Å². The molecule has 0 aliphatic carbocycles. The number of furan rings is 1. The number of nitrogens with zero attached hydrogens (tertiary/aromatic N) is 2. The van der Waals surface area contributed by atoms with E-state index in [0.717, 1.165) is 55.8 Å². The summed E-state index contributed by atoms with van der Waals surface area (Å²) in [5, 5.41) is 7.26.